The molecule has 1 aliphatic carbocycles. The zero-order valence-corrected chi connectivity index (χ0v) is 12.5. The maximum Gasteiger partial charge on any atom is 0.148 e. The van der Waals surface area contributed by atoms with Gasteiger partial charge in [0.05, 0.1) is 6.54 Å². The third kappa shape index (κ3) is 2.76. The van der Waals surface area contributed by atoms with Crippen molar-refractivity contribution in [2.45, 2.75) is 39.2 Å². The average Bonchev–Trinajstić information content (AvgIpc) is 3.21. The second-order valence-electron chi connectivity index (χ2n) is 5.19. The summed E-state index contributed by atoms with van der Waals surface area (Å²) in [5.74, 6) is 8.55. The van der Waals surface area contributed by atoms with Gasteiger partial charge in [0.25, 0.3) is 0 Å². The molecule has 0 unspecified atom stereocenters. The number of anilines is 2. The van der Waals surface area contributed by atoms with Crippen LogP contribution in [0.15, 0.2) is 12.1 Å². The van der Waals surface area contributed by atoms with E-state index in [4.69, 9.17) is 5.84 Å². The normalized spacial score (nSPS) is 14.3. The maximum atomic E-state index is 5.55. The highest BCUT2D eigenvalue weighted by atomic mass is 32.1. The summed E-state index contributed by atoms with van der Waals surface area (Å²) in [6, 6.07) is 4.28. The summed E-state index contributed by atoms with van der Waals surface area (Å²) >= 11 is 1.80. The van der Waals surface area contributed by atoms with Gasteiger partial charge in [-0.2, -0.15) is 0 Å². The van der Waals surface area contributed by atoms with Crippen LogP contribution in [0.25, 0.3) is 0 Å². The van der Waals surface area contributed by atoms with Crippen LogP contribution in [0, 0.1) is 13.8 Å². The number of aromatic nitrogens is 2. The third-order valence-electron chi connectivity index (χ3n) is 3.47. The van der Waals surface area contributed by atoms with E-state index in [1.807, 2.05) is 6.92 Å². The molecule has 0 aliphatic heterocycles. The minimum Gasteiger partial charge on any atom is -0.365 e. The number of hydrogen-bond acceptors (Lipinski definition) is 6. The fraction of sp³-hybridized carbons (Fsp3) is 0.429. The van der Waals surface area contributed by atoms with Crippen molar-refractivity contribution in [1.29, 1.82) is 0 Å². The van der Waals surface area contributed by atoms with Crippen LogP contribution in [0.2, 0.25) is 0 Å². The van der Waals surface area contributed by atoms with E-state index in [0.717, 1.165) is 23.8 Å². The standard InChI is InChI=1S/C14H19N5S/c1-8-3-6-11(20-8)7-16-12-9(2)13(19-15)18-14(17-12)10-4-5-10/h3,6,10H,4-5,7,15H2,1-2H3,(H2,16,17,18,19). The molecule has 20 heavy (non-hydrogen) atoms. The molecular formula is C14H19N5S. The van der Waals surface area contributed by atoms with Crippen LogP contribution in [-0.4, -0.2) is 9.97 Å². The predicted octanol–water partition coefficient (Wildman–Crippen LogP) is 2.93. The van der Waals surface area contributed by atoms with Gasteiger partial charge in [0.1, 0.15) is 17.5 Å². The summed E-state index contributed by atoms with van der Waals surface area (Å²) in [5, 5.41) is 3.40. The minimum absolute atomic E-state index is 0.507. The van der Waals surface area contributed by atoms with Crippen molar-refractivity contribution in [2.75, 3.05) is 10.7 Å². The molecular weight excluding hydrogens is 270 g/mol. The lowest BCUT2D eigenvalue weighted by molar-refractivity contribution is 0.911. The molecule has 4 N–H and O–H groups in total. The topological polar surface area (TPSA) is 75.9 Å². The lowest BCUT2D eigenvalue weighted by Crippen LogP contribution is -2.14. The van der Waals surface area contributed by atoms with Gasteiger partial charge in [0.15, 0.2) is 0 Å². The van der Waals surface area contributed by atoms with Gasteiger partial charge in [-0.15, -0.1) is 11.3 Å². The lowest BCUT2D eigenvalue weighted by atomic mass is 10.2. The predicted molar refractivity (Wildman–Crippen MR) is 82.9 cm³/mol. The molecule has 5 nitrogen and oxygen atoms in total. The molecule has 6 heteroatoms. The highest BCUT2D eigenvalue weighted by Gasteiger charge is 2.28. The first-order valence-corrected chi connectivity index (χ1v) is 7.63. The van der Waals surface area contributed by atoms with Crippen molar-refractivity contribution in [3.8, 4) is 0 Å². The molecule has 0 bridgehead atoms. The first-order chi connectivity index (χ1) is 9.67. The molecule has 0 saturated heterocycles. The number of thiophene rings is 1. The van der Waals surface area contributed by atoms with E-state index in [-0.39, 0.29) is 0 Å². The number of nitrogens with one attached hydrogen (secondary N) is 2. The highest BCUT2D eigenvalue weighted by Crippen LogP contribution is 2.39. The Morgan fingerprint density at radius 3 is 2.60 bits per heavy atom. The van der Waals surface area contributed by atoms with Crippen LogP contribution >= 0.6 is 11.3 Å². The van der Waals surface area contributed by atoms with Gasteiger partial charge in [0, 0.05) is 21.2 Å². The summed E-state index contributed by atoms with van der Waals surface area (Å²) in [7, 11) is 0. The molecule has 2 aromatic heterocycles. The van der Waals surface area contributed by atoms with Crippen LogP contribution < -0.4 is 16.6 Å². The second kappa shape index (κ2) is 5.38. The van der Waals surface area contributed by atoms with Crippen molar-refractivity contribution in [3.63, 3.8) is 0 Å². The van der Waals surface area contributed by atoms with E-state index < -0.39 is 0 Å². The van der Waals surface area contributed by atoms with Crippen LogP contribution in [0.4, 0.5) is 11.6 Å². The Kier molecular flexibility index (Phi) is 3.58. The van der Waals surface area contributed by atoms with E-state index in [1.165, 1.54) is 22.6 Å². The maximum absolute atomic E-state index is 5.55. The molecule has 0 atom stereocenters. The Bertz CT molecular complexity index is 618. The smallest absolute Gasteiger partial charge is 0.148 e. The van der Waals surface area contributed by atoms with Crippen molar-refractivity contribution >= 4 is 23.0 Å². The molecule has 0 radical (unpaired) electrons. The largest absolute Gasteiger partial charge is 0.365 e. The number of nitrogen functional groups attached to an aromatic ring is 1. The Labute approximate surface area is 122 Å². The Morgan fingerprint density at radius 2 is 2.00 bits per heavy atom. The van der Waals surface area contributed by atoms with Crippen LogP contribution in [0.1, 0.15) is 39.9 Å². The number of nitrogens with zero attached hydrogens (tertiary/aromatic N) is 2. The van der Waals surface area contributed by atoms with Gasteiger partial charge < -0.3 is 10.7 Å². The van der Waals surface area contributed by atoms with Crippen LogP contribution in [-0.2, 0) is 6.54 Å². The Morgan fingerprint density at radius 1 is 1.25 bits per heavy atom. The van der Waals surface area contributed by atoms with E-state index in [1.54, 1.807) is 11.3 Å². The molecule has 3 rings (SSSR count). The molecule has 2 heterocycles. The summed E-state index contributed by atoms with van der Waals surface area (Å²) in [6.45, 7) is 4.88. The molecule has 0 aromatic carbocycles. The fourth-order valence-electron chi connectivity index (χ4n) is 2.12. The van der Waals surface area contributed by atoms with E-state index >= 15 is 0 Å². The molecule has 1 saturated carbocycles. The average molecular weight is 289 g/mol. The molecule has 2 aromatic rings. The number of hydrogen-bond donors (Lipinski definition) is 3. The second-order valence-corrected chi connectivity index (χ2v) is 6.56. The minimum atomic E-state index is 0.507. The monoisotopic (exact) mass is 289 g/mol. The van der Waals surface area contributed by atoms with E-state index in [9.17, 15) is 0 Å². The fourth-order valence-corrected chi connectivity index (χ4v) is 2.95. The number of rotatable bonds is 5. The molecule has 1 fully saturated rings. The third-order valence-corrected chi connectivity index (χ3v) is 4.47. The highest BCUT2D eigenvalue weighted by molar-refractivity contribution is 7.11. The zero-order valence-electron chi connectivity index (χ0n) is 11.7. The number of hydrazine groups is 1. The summed E-state index contributed by atoms with van der Waals surface area (Å²) in [4.78, 5) is 11.8. The van der Waals surface area contributed by atoms with Gasteiger partial charge in [0.2, 0.25) is 0 Å². The molecule has 0 spiro atoms. The molecule has 106 valence electrons. The Balaban J connectivity index is 1.81. The summed E-state index contributed by atoms with van der Waals surface area (Å²) in [5.41, 5.74) is 3.64. The van der Waals surface area contributed by atoms with Gasteiger partial charge in [-0.3, -0.25) is 0 Å². The van der Waals surface area contributed by atoms with Crippen molar-refractivity contribution < 1.29 is 0 Å². The number of aryl methyl sites for hydroxylation is 1. The van der Waals surface area contributed by atoms with Crippen molar-refractivity contribution in [1.82, 2.24) is 9.97 Å². The quantitative estimate of drug-likeness (QED) is 0.583. The first kappa shape index (κ1) is 13.3. The zero-order chi connectivity index (χ0) is 14.1. The van der Waals surface area contributed by atoms with Crippen molar-refractivity contribution in [2.24, 2.45) is 5.84 Å². The molecule has 0 amide bonds. The van der Waals surface area contributed by atoms with Gasteiger partial charge in [-0.25, -0.2) is 15.8 Å². The summed E-state index contributed by atoms with van der Waals surface area (Å²) in [6.07, 6.45) is 2.35. The van der Waals surface area contributed by atoms with Gasteiger partial charge in [-0.1, -0.05) is 0 Å². The summed E-state index contributed by atoms with van der Waals surface area (Å²) < 4.78 is 0. The van der Waals surface area contributed by atoms with Gasteiger partial charge in [-0.05, 0) is 38.8 Å². The van der Waals surface area contributed by atoms with Crippen LogP contribution in [0.3, 0.4) is 0 Å². The first-order valence-electron chi connectivity index (χ1n) is 6.81. The SMILES string of the molecule is Cc1ccc(CNc2nc(C3CC3)nc(NN)c2C)s1. The lowest BCUT2D eigenvalue weighted by Gasteiger charge is -2.13. The van der Waals surface area contributed by atoms with Crippen molar-refractivity contribution in [3.05, 3.63) is 33.3 Å². The molecule has 1 aliphatic rings. The van der Waals surface area contributed by atoms with Gasteiger partial charge >= 0.3 is 0 Å². The van der Waals surface area contributed by atoms with E-state index in [2.05, 4.69) is 39.8 Å². The van der Waals surface area contributed by atoms with E-state index in [0.29, 0.717) is 11.7 Å². The number of nitrogens with two attached hydrogens (primary N) is 1. The Hall–Kier alpha value is -1.66. The van der Waals surface area contributed by atoms with Crippen LogP contribution in [0.5, 0.6) is 0 Å².